The van der Waals surface area contributed by atoms with Gasteiger partial charge in [0.05, 0.1) is 0 Å². The maximum atomic E-state index is 13.3. The molecule has 0 fully saturated rings. The molecule has 17 heavy (non-hydrogen) atoms. The van der Waals surface area contributed by atoms with Gasteiger partial charge in [-0.05, 0) is 18.7 Å². The summed E-state index contributed by atoms with van der Waals surface area (Å²) in [6.45, 7) is 2.23. The quantitative estimate of drug-likeness (QED) is 0.790. The summed E-state index contributed by atoms with van der Waals surface area (Å²) in [5, 5.41) is 3.12. The monoisotopic (exact) mass is 263 g/mol. The van der Waals surface area contributed by atoms with Crippen molar-refractivity contribution in [3.8, 4) is 0 Å². The van der Waals surface area contributed by atoms with Crippen LogP contribution in [-0.2, 0) is 6.54 Å². The summed E-state index contributed by atoms with van der Waals surface area (Å²) in [4.78, 5) is 0. The third kappa shape index (κ3) is 4.24. The van der Waals surface area contributed by atoms with Gasteiger partial charge in [-0.15, -0.1) is 0 Å². The Morgan fingerprint density at radius 3 is 2.41 bits per heavy atom. The molecule has 1 rings (SSSR count). The van der Waals surface area contributed by atoms with E-state index in [9.17, 15) is 13.2 Å². The predicted octanol–water partition coefficient (Wildman–Crippen LogP) is 3.34. The van der Waals surface area contributed by atoms with Crippen molar-refractivity contribution >= 4 is 11.8 Å². The molecule has 96 valence electrons. The van der Waals surface area contributed by atoms with Crippen LogP contribution in [-0.4, -0.2) is 18.1 Å². The van der Waals surface area contributed by atoms with E-state index in [-0.39, 0.29) is 18.2 Å². The van der Waals surface area contributed by atoms with Crippen LogP contribution in [0, 0.1) is 17.5 Å². The minimum Gasteiger partial charge on any atom is -0.309 e. The van der Waals surface area contributed by atoms with Crippen molar-refractivity contribution in [2.45, 2.75) is 25.9 Å². The number of thioether (sulfide) groups is 1. The molecule has 0 aromatic heterocycles. The van der Waals surface area contributed by atoms with Crippen molar-refractivity contribution in [1.82, 2.24) is 5.32 Å². The smallest absolute Gasteiger partial charge is 0.161 e. The highest BCUT2D eigenvalue weighted by Crippen LogP contribution is 2.14. The van der Waals surface area contributed by atoms with Crippen LogP contribution in [0.3, 0.4) is 0 Å². The van der Waals surface area contributed by atoms with E-state index in [0.29, 0.717) is 6.07 Å². The molecule has 0 amide bonds. The molecule has 1 nitrogen and oxygen atoms in total. The minimum absolute atomic E-state index is 0.156. The third-order valence-corrected chi connectivity index (χ3v) is 3.27. The van der Waals surface area contributed by atoms with Gasteiger partial charge < -0.3 is 5.32 Å². The number of benzene rings is 1. The van der Waals surface area contributed by atoms with Gasteiger partial charge in [-0.3, -0.25) is 0 Å². The molecule has 1 aromatic carbocycles. The second kappa shape index (κ2) is 6.91. The van der Waals surface area contributed by atoms with E-state index >= 15 is 0 Å². The molecule has 0 aliphatic rings. The molecule has 1 unspecified atom stereocenters. The Morgan fingerprint density at radius 2 is 1.82 bits per heavy atom. The van der Waals surface area contributed by atoms with Crippen molar-refractivity contribution in [1.29, 1.82) is 0 Å². The van der Waals surface area contributed by atoms with Crippen LogP contribution in [0.2, 0.25) is 0 Å². The zero-order valence-electron chi connectivity index (χ0n) is 9.90. The van der Waals surface area contributed by atoms with Crippen molar-refractivity contribution in [2.24, 2.45) is 0 Å². The highest BCUT2D eigenvalue weighted by atomic mass is 32.2. The molecule has 1 aromatic rings. The van der Waals surface area contributed by atoms with Crippen LogP contribution in [0.5, 0.6) is 0 Å². The van der Waals surface area contributed by atoms with Gasteiger partial charge in [0.15, 0.2) is 11.6 Å². The Hall–Kier alpha value is -0.680. The summed E-state index contributed by atoms with van der Waals surface area (Å²) in [5.41, 5.74) is 0.156. The fourth-order valence-corrected chi connectivity index (χ4v) is 2.23. The summed E-state index contributed by atoms with van der Waals surface area (Å²) >= 11 is 1.69. The third-order valence-electron chi connectivity index (χ3n) is 2.53. The average molecular weight is 263 g/mol. The lowest BCUT2D eigenvalue weighted by molar-refractivity contribution is 0.479. The molecular weight excluding hydrogens is 247 g/mol. The van der Waals surface area contributed by atoms with Gasteiger partial charge >= 0.3 is 0 Å². The number of rotatable bonds is 6. The van der Waals surface area contributed by atoms with Crippen LogP contribution in [0.25, 0.3) is 0 Å². The van der Waals surface area contributed by atoms with Gasteiger partial charge in [0.25, 0.3) is 0 Å². The van der Waals surface area contributed by atoms with E-state index in [0.717, 1.165) is 18.2 Å². The lowest BCUT2D eigenvalue weighted by Gasteiger charge is -2.16. The maximum Gasteiger partial charge on any atom is 0.161 e. The topological polar surface area (TPSA) is 12.0 Å². The average Bonchev–Trinajstić information content (AvgIpc) is 2.30. The molecule has 0 radical (unpaired) electrons. The number of hydrogen-bond donors (Lipinski definition) is 1. The zero-order chi connectivity index (χ0) is 12.8. The summed E-state index contributed by atoms with van der Waals surface area (Å²) in [5.74, 6) is -1.97. The largest absolute Gasteiger partial charge is 0.309 e. The van der Waals surface area contributed by atoms with Gasteiger partial charge in [-0.25, -0.2) is 13.2 Å². The van der Waals surface area contributed by atoms with Crippen LogP contribution >= 0.6 is 11.8 Å². The molecule has 5 heteroatoms. The first-order valence-corrected chi connectivity index (χ1v) is 6.83. The molecule has 1 atom stereocenters. The van der Waals surface area contributed by atoms with E-state index in [1.165, 1.54) is 0 Å². The summed E-state index contributed by atoms with van der Waals surface area (Å²) in [6.07, 6.45) is 2.90. The first-order valence-electron chi connectivity index (χ1n) is 5.44. The highest BCUT2D eigenvalue weighted by molar-refractivity contribution is 7.98. The number of nitrogens with one attached hydrogen (secondary N) is 1. The molecule has 0 aliphatic carbocycles. The Labute approximate surface area is 104 Å². The Bertz CT molecular complexity index is 371. The summed E-state index contributed by atoms with van der Waals surface area (Å²) in [7, 11) is 0. The van der Waals surface area contributed by atoms with Gasteiger partial charge in [0.2, 0.25) is 0 Å². The molecule has 0 bridgehead atoms. The van der Waals surface area contributed by atoms with Crippen molar-refractivity contribution < 1.29 is 13.2 Å². The van der Waals surface area contributed by atoms with Crippen molar-refractivity contribution in [2.75, 3.05) is 12.0 Å². The van der Waals surface area contributed by atoms with Crippen molar-refractivity contribution in [3.63, 3.8) is 0 Å². The number of hydrogen-bond acceptors (Lipinski definition) is 2. The van der Waals surface area contributed by atoms with Crippen LogP contribution < -0.4 is 5.32 Å². The minimum atomic E-state index is -1.15. The van der Waals surface area contributed by atoms with E-state index in [4.69, 9.17) is 0 Å². The Morgan fingerprint density at radius 1 is 1.18 bits per heavy atom. The lowest BCUT2D eigenvalue weighted by atomic mass is 10.1. The Kier molecular flexibility index (Phi) is 5.85. The van der Waals surface area contributed by atoms with Gasteiger partial charge in [-0.2, -0.15) is 11.8 Å². The standard InChI is InChI=1S/C12H16F3NS/c1-3-9(7-17-2)16-6-8-4-11(14)12(15)5-10(8)13/h4-5,9,16H,3,6-7H2,1-2H3. The van der Waals surface area contributed by atoms with E-state index < -0.39 is 17.5 Å². The lowest BCUT2D eigenvalue weighted by Crippen LogP contribution is -2.30. The van der Waals surface area contributed by atoms with Crippen LogP contribution in [0.4, 0.5) is 13.2 Å². The van der Waals surface area contributed by atoms with Crippen molar-refractivity contribution in [3.05, 3.63) is 35.1 Å². The van der Waals surface area contributed by atoms with Crippen LogP contribution in [0.15, 0.2) is 12.1 Å². The normalized spacial score (nSPS) is 12.8. The molecule has 0 saturated heterocycles. The van der Waals surface area contributed by atoms with Gasteiger partial charge in [0.1, 0.15) is 5.82 Å². The Balaban J connectivity index is 2.65. The van der Waals surface area contributed by atoms with E-state index in [2.05, 4.69) is 5.32 Å². The first kappa shape index (κ1) is 14.4. The molecule has 0 spiro atoms. The fourth-order valence-electron chi connectivity index (χ4n) is 1.48. The zero-order valence-corrected chi connectivity index (χ0v) is 10.7. The summed E-state index contributed by atoms with van der Waals surface area (Å²) in [6, 6.07) is 1.74. The van der Waals surface area contributed by atoms with Gasteiger partial charge in [-0.1, -0.05) is 6.92 Å². The molecule has 0 heterocycles. The fraction of sp³-hybridized carbons (Fsp3) is 0.500. The number of halogens is 3. The molecule has 0 saturated carbocycles. The van der Waals surface area contributed by atoms with Crippen LogP contribution in [0.1, 0.15) is 18.9 Å². The SMILES string of the molecule is CCC(CSC)NCc1cc(F)c(F)cc1F. The van der Waals surface area contributed by atoms with E-state index in [1.807, 2.05) is 13.2 Å². The maximum absolute atomic E-state index is 13.3. The predicted molar refractivity (Wildman–Crippen MR) is 65.6 cm³/mol. The summed E-state index contributed by atoms with van der Waals surface area (Å²) < 4.78 is 39.0. The molecule has 0 aliphatic heterocycles. The molecule has 1 N–H and O–H groups in total. The second-order valence-corrected chi connectivity index (χ2v) is 4.71. The highest BCUT2D eigenvalue weighted by Gasteiger charge is 2.11. The first-order chi connectivity index (χ1) is 8.08. The van der Waals surface area contributed by atoms with E-state index in [1.54, 1.807) is 11.8 Å². The molecular formula is C12H16F3NS. The second-order valence-electron chi connectivity index (χ2n) is 3.80. The van der Waals surface area contributed by atoms with Gasteiger partial charge in [0, 0.05) is 30.0 Å².